The van der Waals surface area contributed by atoms with E-state index in [2.05, 4.69) is 10.4 Å². The van der Waals surface area contributed by atoms with E-state index in [0.717, 1.165) is 16.8 Å². The SMILES string of the molecule is O=C(c1nc(-c2ccsc2)c2ccccn12)N1CCOCC1. The molecule has 5 nitrogen and oxygen atoms in total. The van der Waals surface area contributed by atoms with Crippen molar-refractivity contribution in [3.8, 4) is 11.3 Å². The van der Waals surface area contributed by atoms with E-state index in [1.54, 1.807) is 11.3 Å². The highest BCUT2D eigenvalue weighted by Crippen LogP contribution is 2.27. The minimum absolute atomic E-state index is 0.0361. The number of carbonyl (C=O) groups is 1. The monoisotopic (exact) mass is 313 g/mol. The number of nitrogens with zero attached hydrogens (tertiary/aromatic N) is 3. The van der Waals surface area contributed by atoms with Gasteiger partial charge in [-0.1, -0.05) is 6.07 Å². The van der Waals surface area contributed by atoms with Gasteiger partial charge in [-0.15, -0.1) is 0 Å². The van der Waals surface area contributed by atoms with Gasteiger partial charge in [-0.2, -0.15) is 11.3 Å². The Hall–Kier alpha value is -2.18. The molecule has 0 aromatic carbocycles. The van der Waals surface area contributed by atoms with Crippen molar-refractivity contribution in [1.82, 2.24) is 14.3 Å². The molecule has 112 valence electrons. The molecular formula is C16H15N3O2S. The lowest BCUT2D eigenvalue weighted by molar-refractivity contribution is 0.0294. The van der Waals surface area contributed by atoms with Crippen LogP contribution in [0.25, 0.3) is 16.8 Å². The second kappa shape index (κ2) is 5.55. The second-order valence-electron chi connectivity index (χ2n) is 5.16. The molecular weight excluding hydrogens is 298 g/mol. The predicted octanol–water partition coefficient (Wildman–Crippen LogP) is 2.54. The highest BCUT2D eigenvalue weighted by molar-refractivity contribution is 7.08. The van der Waals surface area contributed by atoms with Crippen LogP contribution in [0.4, 0.5) is 0 Å². The molecule has 4 heterocycles. The summed E-state index contributed by atoms with van der Waals surface area (Å²) in [7, 11) is 0. The van der Waals surface area contributed by atoms with Crippen LogP contribution in [0.2, 0.25) is 0 Å². The smallest absolute Gasteiger partial charge is 0.290 e. The standard InChI is InChI=1S/C16H15N3O2S/c20-16(18-6-8-21-9-7-18)15-17-14(12-4-10-22-11-12)13-3-1-2-5-19(13)15/h1-5,10-11H,6-9H2. The molecule has 0 spiro atoms. The minimum Gasteiger partial charge on any atom is -0.378 e. The Morgan fingerprint density at radius 2 is 2.09 bits per heavy atom. The van der Waals surface area contributed by atoms with Crippen molar-refractivity contribution >= 4 is 22.8 Å². The van der Waals surface area contributed by atoms with E-state index in [4.69, 9.17) is 4.74 Å². The Labute approximate surface area is 131 Å². The zero-order valence-corrected chi connectivity index (χ0v) is 12.8. The Morgan fingerprint density at radius 1 is 1.23 bits per heavy atom. The maximum Gasteiger partial charge on any atom is 0.290 e. The van der Waals surface area contributed by atoms with Crippen LogP contribution in [0.15, 0.2) is 41.2 Å². The lowest BCUT2D eigenvalue weighted by atomic mass is 10.2. The minimum atomic E-state index is -0.0361. The third kappa shape index (κ3) is 2.20. The largest absolute Gasteiger partial charge is 0.378 e. The van der Waals surface area contributed by atoms with Crippen molar-refractivity contribution in [1.29, 1.82) is 0 Å². The molecule has 1 aliphatic heterocycles. The molecule has 0 N–H and O–H groups in total. The van der Waals surface area contributed by atoms with Crippen LogP contribution in [0.5, 0.6) is 0 Å². The average molecular weight is 313 g/mol. The molecule has 1 amide bonds. The molecule has 0 saturated carbocycles. The van der Waals surface area contributed by atoms with Crippen molar-refractivity contribution in [2.45, 2.75) is 0 Å². The van der Waals surface area contributed by atoms with Crippen LogP contribution in [0.1, 0.15) is 10.6 Å². The quantitative estimate of drug-likeness (QED) is 0.730. The lowest BCUT2D eigenvalue weighted by Gasteiger charge is -2.26. The van der Waals surface area contributed by atoms with E-state index in [-0.39, 0.29) is 5.91 Å². The number of aromatic nitrogens is 2. The van der Waals surface area contributed by atoms with Crippen LogP contribution >= 0.6 is 11.3 Å². The van der Waals surface area contributed by atoms with Gasteiger partial charge in [0, 0.05) is 30.2 Å². The van der Waals surface area contributed by atoms with Crippen LogP contribution in [0.3, 0.4) is 0 Å². The number of imidazole rings is 1. The number of thiophene rings is 1. The van der Waals surface area contributed by atoms with Crippen molar-refractivity contribution in [2.75, 3.05) is 26.3 Å². The number of ether oxygens (including phenoxy) is 1. The number of fused-ring (bicyclic) bond motifs is 1. The van der Waals surface area contributed by atoms with Gasteiger partial charge < -0.3 is 9.64 Å². The zero-order valence-electron chi connectivity index (χ0n) is 11.9. The summed E-state index contributed by atoms with van der Waals surface area (Å²) in [6.07, 6.45) is 1.89. The topological polar surface area (TPSA) is 46.8 Å². The molecule has 6 heteroatoms. The van der Waals surface area contributed by atoms with Gasteiger partial charge in [-0.05, 0) is 23.6 Å². The first-order valence-electron chi connectivity index (χ1n) is 7.21. The van der Waals surface area contributed by atoms with Crippen LogP contribution < -0.4 is 0 Å². The van der Waals surface area contributed by atoms with Gasteiger partial charge in [-0.25, -0.2) is 4.98 Å². The molecule has 1 fully saturated rings. The summed E-state index contributed by atoms with van der Waals surface area (Å²) in [5.74, 6) is 0.435. The van der Waals surface area contributed by atoms with Gasteiger partial charge in [0.1, 0.15) is 0 Å². The predicted molar refractivity (Wildman–Crippen MR) is 85.2 cm³/mol. The summed E-state index contributed by atoms with van der Waals surface area (Å²) in [4.78, 5) is 19.2. The first kappa shape index (κ1) is 13.5. The maximum absolute atomic E-state index is 12.8. The van der Waals surface area contributed by atoms with Crippen LogP contribution in [0, 0.1) is 0 Å². The Bertz CT molecular complexity index is 804. The fraction of sp³-hybridized carbons (Fsp3) is 0.250. The molecule has 1 aliphatic rings. The van der Waals surface area contributed by atoms with Crippen molar-refractivity contribution in [3.63, 3.8) is 0 Å². The summed E-state index contributed by atoms with van der Waals surface area (Å²) in [6, 6.07) is 7.91. The molecule has 0 atom stereocenters. The fourth-order valence-corrected chi connectivity index (χ4v) is 3.35. The van der Waals surface area contributed by atoms with Crippen LogP contribution in [-0.4, -0.2) is 46.5 Å². The first-order valence-corrected chi connectivity index (χ1v) is 8.15. The summed E-state index contributed by atoms with van der Waals surface area (Å²) < 4.78 is 7.20. The van der Waals surface area contributed by atoms with Gasteiger partial charge in [0.05, 0.1) is 24.4 Å². The van der Waals surface area contributed by atoms with Gasteiger partial charge in [-0.3, -0.25) is 9.20 Å². The third-order valence-electron chi connectivity index (χ3n) is 3.83. The van der Waals surface area contributed by atoms with Gasteiger partial charge in [0.25, 0.3) is 5.91 Å². The lowest BCUT2D eigenvalue weighted by Crippen LogP contribution is -2.41. The van der Waals surface area contributed by atoms with Gasteiger partial charge >= 0.3 is 0 Å². The summed E-state index contributed by atoms with van der Waals surface area (Å²) in [5.41, 5.74) is 2.87. The van der Waals surface area contributed by atoms with E-state index in [1.165, 1.54) is 0 Å². The number of amides is 1. The Kier molecular flexibility index (Phi) is 3.40. The highest BCUT2D eigenvalue weighted by Gasteiger charge is 2.24. The molecule has 4 rings (SSSR count). The molecule has 0 radical (unpaired) electrons. The van der Waals surface area contributed by atoms with E-state index in [9.17, 15) is 4.79 Å². The second-order valence-corrected chi connectivity index (χ2v) is 5.94. The Balaban J connectivity index is 1.82. The van der Waals surface area contributed by atoms with Gasteiger partial charge in [0.2, 0.25) is 5.82 Å². The van der Waals surface area contributed by atoms with Crippen molar-refractivity contribution < 1.29 is 9.53 Å². The summed E-state index contributed by atoms with van der Waals surface area (Å²) in [5, 5.41) is 4.07. The molecule has 0 aliphatic carbocycles. The Morgan fingerprint density at radius 3 is 2.86 bits per heavy atom. The molecule has 3 aromatic rings. The van der Waals surface area contributed by atoms with Crippen LogP contribution in [-0.2, 0) is 4.74 Å². The summed E-state index contributed by atoms with van der Waals surface area (Å²) >= 11 is 1.63. The van der Waals surface area contributed by atoms with E-state index < -0.39 is 0 Å². The average Bonchev–Trinajstić information content (AvgIpc) is 3.22. The first-order chi connectivity index (χ1) is 10.8. The molecule has 0 bridgehead atoms. The zero-order chi connectivity index (χ0) is 14.9. The molecule has 3 aromatic heterocycles. The number of morpholine rings is 1. The number of rotatable bonds is 2. The number of pyridine rings is 1. The fourth-order valence-electron chi connectivity index (χ4n) is 2.71. The van der Waals surface area contributed by atoms with E-state index in [1.807, 2.05) is 45.1 Å². The number of hydrogen-bond acceptors (Lipinski definition) is 4. The molecule has 1 saturated heterocycles. The van der Waals surface area contributed by atoms with Crippen molar-refractivity contribution in [3.05, 3.63) is 47.0 Å². The summed E-state index contributed by atoms with van der Waals surface area (Å²) in [6.45, 7) is 2.42. The maximum atomic E-state index is 12.8. The highest BCUT2D eigenvalue weighted by atomic mass is 32.1. The third-order valence-corrected chi connectivity index (χ3v) is 4.52. The molecule has 22 heavy (non-hydrogen) atoms. The molecule has 0 unspecified atom stereocenters. The van der Waals surface area contributed by atoms with E-state index >= 15 is 0 Å². The van der Waals surface area contributed by atoms with Gasteiger partial charge in [0.15, 0.2) is 0 Å². The van der Waals surface area contributed by atoms with Crippen molar-refractivity contribution in [2.24, 2.45) is 0 Å². The number of carbonyl (C=O) groups excluding carboxylic acids is 1. The number of hydrogen-bond donors (Lipinski definition) is 0. The normalized spacial score (nSPS) is 15.4. The van der Waals surface area contributed by atoms with E-state index in [0.29, 0.717) is 32.1 Å².